The van der Waals surface area contributed by atoms with Crippen LogP contribution in [0.25, 0.3) is 78.0 Å². The Morgan fingerprint density at radius 3 is 1.96 bits per heavy atom. The van der Waals surface area contributed by atoms with E-state index in [-0.39, 0.29) is 0 Å². The molecule has 0 atom stereocenters. The predicted molar refractivity (Wildman–Crippen MR) is 198 cm³/mol. The lowest BCUT2D eigenvalue weighted by molar-refractivity contribution is 1.07. The molecule has 48 heavy (non-hydrogen) atoms. The smallest absolute Gasteiger partial charge is 0.164 e. The molecule has 0 spiro atoms. The van der Waals surface area contributed by atoms with Crippen LogP contribution in [-0.4, -0.2) is 19.5 Å². The van der Waals surface area contributed by atoms with Crippen LogP contribution in [0.2, 0.25) is 5.02 Å². The molecule has 0 bridgehead atoms. The van der Waals surface area contributed by atoms with Crippen LogP contribution < -0.4 is 0 Å². The SMILES string of the molecule is Clc1c2ccccc2cc2c3ccccc3n(-c3ccc(-c4nc(-c5ccccc5)nc(-c5cccc(C6=CC=C[C+]=C6)c5)n4)cc3)c12. The van der Waals surface area contributed by atoms with E-state index in [0.29, 0.717) is 17.5 Å². The third-order valence-corrected chi connectivity index (χ3v) is 9.21. The van der Waals surface area contributed by atoms with Crippen molar-refractivity contribution in [3.8, 4) is 39.9 Å². The molecule has 0 fully saturated rings. The van der Waals surface area contributed by atoms with Gasteiger partial charge >= 0.3 is 0 Å². The van der Waals surface area contributed by atoms with E-state index in [9.17, 15) is 0 Å². The number of nitrogens with zero attached hydrogens (tertiary/aromatic N) is 4. The van der Waals surface area contributed by atoms with E-state index in [1.54, 1.807) is 0 Å². The lowest BCUT2D eigenvalue weighted by atomic mass is 10.00. The summed E-state index contributed by atoms with van der Waals surface area (Å²) in [4.78, 5) is 14.9. The first-order valence-electron chi connectivity index (χ1n) is 15.8. The highest BCUT2D eigenvalue weighted by molar-refractivity contribution is 6.41. The molecule has 0 unspecified atom stereocenters. The maximum Gasteiger partial charge on any atom is 0.164 e. The molecule has 0 N–H and O–H groups in total. The molecule has 224 valence electrons. The van der Waals surface area contributed by atoms with Crippen molar-refractivity contribution in [1.29, 1.82) is 0 Å². The van der Waals surface area contributed by atoms with Crippen LogP contribution in [0.4, 0.5) is 0 Å². The highest BCUT2D eigenvalue weighted by atomic mass is 35.5. The Balaban J connectivity index is 1.19. The summed E-state index contributed by atoms with van der Waals surface area (Å²) in [6, 6.07) is 45.7. The van der Waals surface area contributed by atoms with Crippen LogP contribution in [0.3, 0.4) is 0 Å². The summed E-state index contributed by atoms with van der Waals surface area (Å²) in [6.45, 7) is 0. The number of fused-ring (bicyclic) bond motifs is 4. The van der Waals surface area contributed by atoms with Gasteiger partial charge in [-0.2, -0.15) is 0 Å². The van der Waals surface area contributed by atoms with E-state index in [4.69, 9.17) is 26.6 Å². The Bertz CT molecular complexity index is 2610. The Morgan fingerprint density at radius 1 is 0.542 bits per heavy atom. The predicted octanol–water partition coefficient (Wildman–Crippen LogP) is 11.1. The molecule has 0 saturated carbocycles. The number of hydrogen-bond donors (Lipinski definition) is 0. The second kappa shape index (κ2) is 11.6. The summed E-state index contributed by atoms with van der Waals surface area (Å²) in [5.74, 6) is 1.85. The number of allylic oxidation sites excluding steroid dienone is 6. The molecule has 9 rings (SSSR count). The van der Waals surface area contributed by atoms with Crippen LogP contribution in [0.5, 0.6) is 0 Å². The molecular weight excluding hydrogens is 608 g/mol. The molecule has 1 aliphatic carbocycles. The van der Waals surface area contributed by atoms with Crippen LogP contribution in [0, 0.1) is 6.08 Å². The average molecular weight is 634 g/mol. The Hall–Kier alpha value is -6.19. The minimum atomic E-state index is 0.607. The van der Waals surface area contributed by atoms with Crippen molar-refractivity contribution in [3.05, 3.63) is 174 Å². The first-order valence-corrected chi connectivity index (χ1v) is 16.2. The third kappa shape index (κ3) is 4.80. The van der Waals surface area contributed by atoms with Crippen LogP contribution >= 0.6 is 11.6 Å². The van der Waals surface area contributed by atoms with Gasteiger partial charge in [-0.05, 0) is 53.9 Å². The van der Waals surface area contributed by atoms with Crippen molar-refractivity contribution in [2.45, 2.75) is 0 Å². The molecule has 0 amide bonds. The number of rotatable bonds is 5. The van der Waals surface area contributed by atoms with Crippen molar-refractivity contribution >= 4 is 49.8 Å². The van der Waals surface area contributed by atoms with Gasteiger partial charge in [0.2, 0.25) is 0 Å². The largest absolute Gasteiger partial charge is 0.308 e. The molecule has 1 aliphatic rings. The van der Waals surface area contributed by atoms with Gasteiger partial charge in [0.05, 0.1) is 27.7 Å². The standard InChI is InChI=1S/C43H26ClN4/c44-39-35-19-8-7-16-32(35)27-37-36-20-9-10-21-38(36)48(40(37)39)34-24-22-30(23-25-34)42-45-41(29-14-5-2-6-15-29)46-43(47-42)33-18-11-17-31(26-33)28-12-3-1-4-13-28/h1-3,5-27H/q+1. The summed E-state index contributed by atoms with van der Waals surface area (Å²) in [7, 11) is 0. The van der Waals surface area contributed by atoms with Crippen molar-refractivity contribution < 1.29 is 0 Å². The average Bonchev–Trinajstić information content (AvgIpc) is 3.50. The van der Waals surface area contributed by atoms with Gasteiger partial charge in [0.25, 0.3) is 0 Å². The molecule has 0 saturated heterocycles. The van der Waals surface area contributed by atoms with Crippen molar-refractivity contribution in [3.63, 3.8) is 0 Å². The minimum absolute atomic E-state index is 0.607. The van der Waals surface area contributed by atoms with Gasteiger partial charge in [0, 0.05) is 56.3 Å². The number of benzene rings is 6. The lowest BCUT2D eigenvalue weighted by Crippen LogP contribution is -2.01. The topological polar surface area (TPSA) is 43.6 Å². The van der Waals surface area contributed by atoms with Crippen molar-refractivity contribution in [1.82, 2.24) is 19.5 Å². The molecule has 2 aromatic heterocycles. The third-order valence-electron chi connectivity index (χ3n) is 8.83. The number of hydrogen-bond acceptors (Lipinski definition) is 3. The molecule has 0 aliphatic heterocycles. The van der Waals surface area contributed by atoms with Gasteiger partial charge < -0.3 is 4.57 Å². The van der Waals surface area contributed by atoms with E-state index < -0.39 is 0 Å². The highest BCUT2D eigenvalue weighted by Crippen LogP contribution is 2.40. The number of halogens is 1. The van der Waals surface area contributed by atoms with Crippen LogP contribution in [0.15, 0.2) is 158 Å². The molecule has 8 aromatic rings. The fraction of sp³-hybridized carbons (Fsp3) is 0. The van der Waals surface area contributed by atoms with Gasteiger partial charge in [0.15, 0.2) is 17.5 Å². The zero-order chi connectivity index (χ0) is 32.0. The van der Waals surface area contributed by atoms with E-state index >= 15 is 0 Å². The summed E-state index contributed by atoms with van der Waals surface area (Å²) in [5, 5.41) is 5.19. The van der Waals surface area contributed by atoms with Gasteiger partial charge in [-0.15, -0.1) is 0 Å². The Kier molecular flexibility index (Phi) is 6.76. The Labute approximate surface area is 282 Å². The summed E-state index contributed by atoms with van der Waals surface area (Å²) in [5.41, 5.74) is 8.01. The van der Waals surface area contributed by atoms with E-state index in [1.807, 2.05) is 66.8 Å². The quantitative estimate of drug-likeness (QED) is 0.177. The molecule has 2 heterocycles. The second-order valence-corrected chi connectivity index (χ2v) is 12.1. The number of para-hydroxylation sites is 1. The second-order valence-electron chi connectivity index (χ2n) is 11.8. The zero-order valence-corrected chi connectivity index (χ0v) is 26.4. The first kappa shape index (κ1) is 28.1. The van der Waals surface area contributed by atoms with Crippen molar-refractivity contribution in [2.75, 3.05) is 0 Å². The maximum absolute atomic E-state index is 7.18. The van der Waals surface area contributed by atoms with E-state index in [2.05, 4.69) is 102 Å². The summed E-state index contributed by atoms with van der Waals surface area (Å²) < 4.78 is 2.25. The van der Waals surface area contributed by atoms with Gasteiger partial charge in [-0.3, -0.25) is 0 Å². The molecule has 4 nitrogen and oxygen atoms in total. The molecule has 6 aromatic carbocycles. The normalized spacial score (nSPS) is 12.5. The lowest BCUT2D eigenvalue weighted by Gasteiger charge is -2.12. The Morgan fingerprint density at radius 2 is 1.19 bits per heavy atom. The number of aromatic nitrogens is 4. The first-order chi connectivity index (χ1) is 23.7. The summed E-state index contributed by atoms with van der Waals surface area (Å²) >= 11 is 7.18. The van der Waals surface area contributed by atoms with Crippen molar-refractivity contribution in [2.24, 2.45) is 0 Å². The monoisotopic (exact) mass is 633 g/mol. The molecule has 5 heteroatoms. The maximum atomic E-state index is 7.18. The van der Waals surface area contributed by atoms with E-state index in [0.717, 1.165) is 71.1 Å². The zero-order valence-electron chi connectivity index (χ0n) is 25.7. The van der Waals surface area contributed by atoms with Gasteiger partial charge in [-0.25, -0.2) is 15.0 Å². The molecular formula is C43H26ClN4+. The summed E-state index contributed by atoms with van der Waals surface area (Å²) in [6.07, 6.45) is 11.1. The molecule has 0 radical (unpaired) electrons. The van der Waals surface area contributed by atoms with E-state index in [1.165, 1.54) is 0 Å². The minimum Gasteiger partial charge on any atom is -0.308 e. The van der Waals surface area contributed by atoms with Crippen LogP contribution in [-0.2, 0) is 0 Å². The fourth-order valence-electron chi connectivity index (χ4n) is 6.52. The van der Waals surface area contributed by atoms with Gasteiger partial charge in [0.1, 0.15) is 12.2 Å². The fourth-order valence-corrected chi connectivity index (χ4v) is 6.88. The highest BCUT2D eigenvalue weighted by Gasteiger charge is 2.18. The van der Waals surface area contributed by atoms with Crippen LogP contribution in [0.1, 0.15) is 5.56 Å². The van der Waals surface area contributed by atoms with Gasteiger partial charge in [-0.1, -0.05) is 96.5 Å².